The highest BCUT2D eigenvalue weighted by Crippen LogP contribution is 2.30. The van der Waals surface area contributed by atoms with Crippen molar-refractivity contribution in [3.63, 3.8) is 0 Å². The van der Waals surface area contributed by atoms with Crippen LogP contribution in [-0.4, -0.2) is 44.1 Å². The van der Waals surface area contributed by atoms with Gasteiger partial charge in [-0.3, -0.25) is 9.52 Å². The second-order valence-corrected chi connectivity index (χ2v) is 12.4. The second kappa shape index (κ2) is 10.0. The molecule has 37 heavy (non-hydrogen) atoms. The molecule has 0 fully saturated rings. The highest BCUT2D eigenvalue weighted by atomic mass is 32.2. The quantitative estimate of drug-likeness (QED) is 0.293. The number of sulfone groups is 1. The number of pyridine rings is 1. The molecule has 0 aliphatic heterocycles. The number of H-pyrrole nitrogens is 1. The Morgan fingerprint density at radius 1 is 1.00 bits per heavy atom. The highest BCUT2D eigenvalue weighted by molar-refractivity contribution is 7.92. The van der Waals surface area contributed by atoms with E-state index in [9.17, 15) is 26.0 Å². The molecule has 0 aliphatic rings. The molecule has 2 heterocycles. The first-order valence-corrected chi connectivity index (χ1v) is 14.6. The number of benzene rings is 2. The number of fused-ring (bicyclic) bond motifs is 1. The molecule has 8 nitrogen and oxygen atoms in total. The lowest BCUT2D eigenvalue weighted by Gasteiger charge is -2.11. The van der Waals surface area contributed by atoms with Crippen LogP contribution in [0.1, 0.15) is 36.2 Å². The van der Waals surface area contributed by atoms with Crippen molar-refractivity contribution >= 4 is 42.4 Å². The lowest BCUT2D eigenvalue weighted by Crippen LogP contribution is -2.18. The summed E-state index contributed by atoms with van der Waals surface area (Å²) in [6.07, 6.45) is 3.07. The number of hydrogen-bond donors (Lipinski definition) is 2. The third-order valence-electron chi connectivity index (χ3n) is 5.76. The van der Waals surface area contributed by atoms with E-state index in [4.69, 9.17) is 0 Å². The fraction of sp³-hybridized carbons (Fsp3) is 0.200. The number of carbonyl (C=O) groups is 1. The standard InChI is InChI=1S/C25H23F2N3O5S2/c1-3-11-37(34,35)30-21-10-9-20(26)22(23(21)27)24(31)19-14-29-25-18(19)12-16(13-28-25)15-5-7-17(8-6-15)36(32,33)4-2/h5-10,12-14,30H,3-4,11H2,1-2H3,(H,28,29). The highest BCUT2D eigenvalue weighted by Gasteiger charge is 2.26. The number of ketones is 1. The van der Waals surface area contributed by atoms with Gasteiger partial charge in [0.25, 0.3) is 0 Å². The van der Waals surface area contributed by atoms with E-state index in [0.717, 1.165) is 12.1 Å². The van der Waals surface area contributed by atoms with E-state index in [1.165, 1.54) is 24.5 Å². The Labute approximate surface area is 212 Å². The molecular formula is C25H23F2N3O5S2. The Balaban J connectivity index is 1.75. The Morgan fingerprint density at radius 3 is 2.35 bits per heavy atom. The molecule has 0 radical (unpaired) electrons. The first-order valence-electron chi connectivity index (χ1n) is 11.3. The van der Waals surface area contributed by atoms with Crippen LogP contribution in [0.4, 0.5) is 14.5 Å². The normalized spacial score (nSPS) is 12.1. The maximum Gasteiger partial charge on any atom is 0.232 e. The monoisotopic (exact) mass is 547 g/mol. The number of nitrogens with one attached hydrogen (secondary N) is 2. The van der Waals surface area contributed by atoms with Gasteiger partial charge in [-0.05, 0) is 42.3 Å². The van der Waals surface area contributed by atoms with Crippen LogP contribution in [0.15, 0.2) is 59.8 Å². The van der Waals surface area contributed by atoms with Crippen molar-refractivity contribution < 1.29 is 30.4 Å². The van der Waals surface area contributed by atoms with E-state index in [-0.39, 0.29) is 39.4 Å². The predicted molar refractivity (Wildman–Crippen MR) is 137 cm³/mol. The van der Waals surface area contributed by atoms with Crippen molar-refractivity contribution in [1.29, 1.82) is 0 Å². The maximum atomic E-state index is 15.2. The molecule has 0 aliphatic carbocycles. The second-order valence-electron chi connectivity index (χ2n) is 8.28. The van der Waals surface area contributed by atoms with Crippen LogP contribution in [0.25, 0.3) is 22.2 Å². The van der Waals surface area contributed by atoms with Gasteiger partial charge in [-0.25, -0.2) is 30.6 Å². The average Bonchev–Trinajstić information content (AvgIpc) is 3.29. The Hall–Kier alpha value is -3.64. The van der Waals surface area contributed by atoms with Gasteiger partial charge in [-0.1, -0.05) is 26.0 Å². The summed E-state index contributed by atoms with van der Waals surface area (Å²) in [5.74, 6) is -3.78. The van der Waals surface area contributed by atoms with Gasteiger partial charge in [0, 0.05) is 28.9 Å². The minimum absolute atomic E-state index is 0.0386. The number of hydrogen-bond acceptors (Lipinski definition) is 6. The summed E-state index contributed by atoms with van der Waals surface area (Å²) >= 11 is 0. The summed E-state index contributed by atoms with van der Waals surface area (Å²) in [5, 5.41) is 0.281. The van der Waals surface area contributed by atoms with Crippen molar-refractivity contribution in [2.45, 2.75) is 25.2 Å². The zero-order valence-electron chi connectivity index (χ0n) is 19.9. The number of anilines is 1. The molecule has 2 aromatic carbocycles. The van der Waals surface area contributed by atoms with Gasteiger partial charge in [-0.15, -0.1) is 0 Å². The molecule has 0 saturated carbocycles. The smallest absolute Gasteiger partial charge is 0.232 e. The molecule has 0 spiro atoms. The van der Waals surface area contributed by atoms with E-state index in [1.807, 2.05) is 0 Å². The number of aromatic amines is 1. The van der Waals surface area contributed by atoms with E-state index >= 15 is 4.39 Å². The molecule has 4 rings (SSSR count). The summed E-state index contributed by atoms with van der Waals surface area (Å²) in [7, 11) is -7.26. The molecule has 0 amide bonds. The zero-order valence-corrected chi connectivity index (χ0v) is 21.5. The van der Waals surface area contributed by atoms with Gasteiger partial charge in [0.15, 0.2) is 15.7 Å². The number of carbonyl (C=O) groups excluding carboxylic acids is 1. The minimum atomic E-state index is -3.88. The van der Waals surface area contributed by atoms with Crippen LogP contribution in [-0.2, 0) is 19.9 Å². The third kappa shape index (κ3) is 5.25. The Bertz CT molecular complexity index is 1720. The number of nitrogens with zero attached hydrogens (tertiary/aromatic N) is 1. The number of rotatable bonds is 9. The van der Waals surface area contributed by atoms with Crippen molar-refractivity contribution in [1.82, 2.24) is 9.97 Å². The van der Waals surface area contributed by atoms with E-state index in [1.54, 1.807) is 32.0 Å². The summed E-state index contributed by atoms with van der Waals surface area (Å²) < 4.78 is 80.2. The molecule has 0 atom stereocenters. The lowest BCUT2D eigenvalue weighted by atomic mass is 10.00. The average molecular weight is 548 g/mol. The molecule has 194 valence electrons. The Morgan fingerprint density at radius 2 is 1.70 bits per heavy atom. The van der Waals surface area contributed by atoms with Crippen LogP contribution in [0.3, 0.4) is 0 Å². The Kier molecular flexibility index (Phi) is 7.16. The minimum Gasteiger partial charge on any atom is -0.345 e. The van der Waals surface area contributed by atoms with Crippen LogP contribution >= 0.6 is 0 Å². The van der Waals surface area contributed by atoms with Gasteiger partial charge in [0.2, 0.25) is 15.8 Å². The number of aromatic nitrogens is 2. The van der Waals surface area contributed by atoms with E-state index < -0.39 is 48.5 Å². The molecule has 12 heteroatoms. The predicted octanol–water partition coefficient (Wildman–Crippen LogP) is 4.68. The topological polar surface area (TPSA) is 126 Å². The van der Waals surface area contributed by atoms with Crippen LogP contribution in [0.2, 0.25) is 0 Å². The SMILES string of the molecule is CCCS(=O)(=O)Nc1ccc(F)c(C(=O)c2c[nH]c3ncc(-c4ccc(S(=O)(=O)CC)cc4)cc23)c1F. The van der Waals surface area contributed by atoms with Crippen molar-refractivity contribution in [3.05, 3.63) is 77.6 Å². The van der Waals surface area contributed by atoms with Crippen molar-refractivity contribution in [3.8, 4) is 11.1 Å². The molecule has 0 saturated heterocycles. The van der Waals surface area contributed by atoms with Gasteiger partial charge < -0.3 is 4.98 Å². The maximum absolute atomic E-state index is 15.2. The fourth-order valence-electron chi connectivity index (χ4n) is 3.83. The summed E-state index contributed by atoms with van der Waals surface area (Å²) in [4.78, 5) is 20.5. The third-order valence-corrected chi connectivity index (χ3v) is 8.99. The zero-order chi connectivity index (χ0) is 27.0. The molecular weight excluding hydrogens is 524 g/mol. The van der Waals surface area contributed by atoms with Crippen molar-refractivity contribution in [2.75, 3.05) is 16.2 Å². The van der Waals surface area contributed by atoms with E-state index in [2.05, 4.69) is 14.7 Å². The molecule has 0 bridgehead atoms. The summed E-state index contributed by atoms with van der Waals surface area (Å²) in [5.41, 5.74) is -0.0488. The first-order chi connectivity index (χ1) is 17.5. The van der Waals surface area contributed by atoms with Crippen LogP contribution in [0, 0.1) is 11.6 Å². The summed E-state index contributed by atoms with van der Waals surface area (Å²) in [6, 6.07) is 9.49. The lowest BCUT2D eigenvalue weighted by molar-refractivity contribution is 0.103. The number of sulfonamides is 1. The first kappa shape index (κ1) is 26.4. The van der Waals surface area contributed by atoms with Gasteiger partial charge in [-0.2, -0.15) is 0 Å². The molecule has 2 N–H and O–H groups in total. The molecule has 2 aromatic heterocycles. The van der Waals surface area contributed by atoms with Gasteiger partial charge in [0.05, 0.1) is 27.7 Å². The van der Waals surface area contributed by atoms with Crippen molar-refractivity contribution in [2.24, 2.45) is 0 Å². The van der Waals surface area contributed by atoms with Crippen LogP contribution in [0.5, 0.6) is 0 Å². The largest absolute Gasteiger partial charge is 0.345 e. The molecule has 0 unspecified atom stereocenters. The van der Waals surface area contributed by atoms with Gasteiger partial charge in [0.1, 0.15) is 11.5 Å². The fourth-order valence-corrected chi connectivity index (χ4v) is 5.85. The summed E-state index contributed by atoms with van der Waals surface area (Å²) in [6.45, 7) is 3.18. The van der Waals surface area contributed by atoms with E-state index in [0.29, 0.717) is 11.1 Å². The van der Waals surface area contributed by atoms with Gasteiger partial charge >= 0.3 is 0 Å². The van der Waals surface area contributed by atoms with Crippen LogP contribution < -0.4 is 4.72 Å². The molecule has 4 aromatic rings. The number of halogens is 2.